The lowest BCUT2D eigenvalue weighted by Crippen LogP contribution is -2.03. The van der Waals surface area contributed by atoms with Gasteiger partial charge in [0.25, 0.3) is 0 Å². The largest absolute Gasteiger partial charge is 0.378 e. The lowest BCUT2D eigenvalue weighted by atomic mass is 10.4. The summed E-state index contributed by atoms with van der Waals surface area (Å²) in [7, 11) is 1.60. The highest BCUT2D eigenvalue weighted by Gasteiger charge is 2.09. The second-order valence-corrected chi connectivity index (χ2v) is 3.96. The first-order valence-electron chi connectivity index (χ1n) is 3.44. The van der Waals surface area contributed by atoms with Crippen LogP contribution in [0.5, 0.6) is 0 Å². The minimum Gasteiger partial charge on any atom is -0.378 e. The molecule has 0 spiro atoms. The monoisotopic (exact) mass is 332 g/mol. The van der Waals surface area contributed by atoms with Crippen LogP contribution >= 0.6 is 45.8 Å². The number of methoxy groups -OCH3 is 1. The third-order valence-electron chi connectivity index (χ3n) is 1.33. The fourth-order valence-electron chi connectivity index (χ4n) is 0.803. The Kier molecular flexibility index (Phi) is 4.64. The molecule has 1 aromatic rings. The molecular weight excluding hydrogens is 326 g/mol. The van der Waals surface area contributed by atoms with E-state index in [4.69, 9.17) is 27.9 Å². The van der Waals surface area contributed by atoms with Gasteiger partial charge in [0, 0.05) is 7.11 Å². The first-order chi connectivity index (χ1) is 6.19. The van der Waals surface area contributed by atoms with E-state index in [0.29, 0.717) is 17.6 Å². The van der Waals surface area contributed by atoms with Crippen LogP contribution in [-0.4, -0.2) is 17.1 Å². The Morgan fingerprint density at radius 2 is 2.15 bits per heavy atom. The topological polar surface area (TPSA) is 35.0 Å². The fourth-order valence-corrected chi connectivity index (χ4v) is 1.53. The van der Waals surface area contributed by atoms with Crippen LogP contribution in [0.4, 0.5) is 0 Å². The van der Waals surface area contributed by atoms with E-state index in [-0.39, 0.29) is 5.88 Å². The zero-order valence-corrected chi connectivity index (χ0v) is 10.5. The van der Waals surface area contributed by atoms with Gasteiger partial charge in [-0.15, -0.1) is 11.6 Å². The Balaban J connectivity index is 3.09. The number of hydrogen-bond acceptors (Lipinski definition) is 3. The van der Waals surface area contributed by atoms with Crippen LogP contribution in [0.3, 0.4) is 0 Å². The van der Waals surface area contributed by atoms with Gasteiger partial charge in [0.2, 0.25) is 0 Å². The molecule has 0 aliphatic rings. The molecule has 0 saturated carbocycles. The van der Waals surface area contributed by atoms with Gasteiger partial charge in [0.05, 0.1) is 21.8 Å². The molecule has 13 heavy (non-hydrogen) atoms. The van der Waals surface area contributed by atoms with Crippen molar-refractivity contribution < 1.29 is 4.74 Å². The van der Waals surface area contributed by atoms with Crippen molar-refractivity contribution in [2.75, 3.05) is 7.11 Å². The van der Waals surface area contributed by atoms with Crippen LogP contribution in [0.1, 0.15) is 11.5 Å². The van der Waals surface area contributed by atoms with Gasteiger partial charge in [-0.05, 0) is 22.6 Å². The molecule has 0 fully saturated rings. The van der Waals surface area contributed by atoms with E-state index >= 15 is 0 Å². The highest BCUT2D eigenvalue weighted by atomic mass is 127. The summed E-state index contributed by atoms with van der Waals surface area (Å²) in [5, 5.41) is 0.429. The average molecular weight is 333 g/mol. The minimum absolute atomic E-state index is 0.257. The number of ether oxygens (including phenoxy) is 1. The summed E-state index contributed by atoms with van der Waals surface area (Å²) in [4.78, 5) is 8.17. The third-order valence-corrected chi connectivity index (χ3v) is 3.29. The first kappa shape index (κ1) is 11.4. The number of rotatable bonds is 3. The van der Waals surface area contributed by atoms with Crippen LogP contribution in [0, 0.1) is 3.57 Å². The molecule has 0 aromatic carbocycles. The molecule has 72 valence electrons. The number of halogens is 3. The van der Waals surface area contributed by atoms with Crippen LogP contribution < -0.4 is 0 Å². The van der Waals surface area contributed by atoms with Crippen molar-refractivity contribution in [3.8, 4) is 0 Å². The van der Waals surface area contributed by atoms with Crippen LogP contribution in [0.15, 0.2) is 0 Å². The molecule has 0 aliphatic carbocycles. The maximum atomic E-state index is 5.86. The Hall–Kier alpha value is 0.350. The highest BCUT2D eigenvalue weighted by molar-refractivity contribution is 14.1. The molecule has 0 unspecified atom stereocenters. The average Bonchev–Trinajstić information content (AvgIpc) is 2.13. The first-order valence-corrected chi connectivity index (χ1v) is 5.43. The van der Waals surface area contributed by atoms with Gasteiger partial charge in [-0.2, -0.15) is 0 Å². The number of aromatic nitrogens is 2. The Bertz CT molecular complexity index is 309. The summed E-state index contributed by atoms with van der Waals surface area (Å²) in [5.41, 5.74) is 0.777. The van der Waals surface area contributed by atoms with Gasteiger partial charge < -0.3 is 4.74 Å². The molecule has 0 aliphatic heterocycles. The van der Waals surface area contributed by atoms with Gasteiger partial charge in [-0.25, -0.2) is 9.97 Å². The smallest absolute Gasteiger partial charge is 0.146 e. The second-order valence-electron chi connectivity index (χ2n) is 2.26. The van der Waals surface area contributed by atoms with Gasteiger partial charge in [0.15, 0.2) is 0 Å². The summed E-state index contributed by atoms with van der Waals surface area (Å²) >= 11 is 13.5. The predicted octanol–water partition coefficient (Wildman–Crippen LogP) is 2.62. The Morgan fingerprint density at radius 3 is 2.69 bits per heavy atom. The van der Waals surface area contributed by atoms with Crippen LogP contribution in [-0.2, 0) is 17.2 Å². The molecular formula is C7H7Cl2IN2O. The van der Waals surface area contributed by atoms with Gasteiger partial charge in [-0.3, -0.25) is 0 Å². The molecule has 0 saturated heterocycles. The number of nitrogens with zero attached hydrogens (tertiary/aromatic N) is 2. The van der Waals surface area contributed by atoms with E-state index in [2.05, 4.69) is 32.6 Å². The number of hydrogen-bond donors (Lipinski definition) is 0. The molecule has 1 aromatic heterocycles. The molecule has 1 rings (SSSR count). The summed E-state index contributed by atoms with van der Waals surface area (Å²) in [6.07, 6.45) is 0. The molecule has 0 N–H and O–H groups in total. The molecule has 0 amide bonds. The van der Waals surface area contributed by atoms with Gasteiger partial charge in [-0.1, -0.05) is 11.6 Å². The van der Waals surface area contributed by atoms with Crippen molar-refractivity contribution in [1.82, 2.24) is 9.97 Å². The van der Waals surface area contributed by atoms with Crippen molar-refractivity contribution >= 4 is 45.8 Å². The van der Waals surface area contributed by atoms with E-state index in [1.54, 1.807) is 7.11 Å². The van der Waals surface area contributed by atoms with Gasteiger partial charge >= 0.3 is 0 Å². The molecule has 0 radical (unpaired) electrons. The summed E-state index contributed by atoms with van der Waals surface area (Å²) < 4.78 is 5.78. The van der Waals surface area contributed by atoms with E-state index in [1.165, 1.54) is 0 Å². The molecule has 1 heterocycles. The molecule has 3 nitrogen and oxygen atoms in total. The maximum absolute atomic E-state index is 5.86. The van der Waals surface area contributed by atoms with Crippen LogP contribution in [0.25, 0.3) is 0 Å². The van der Waals surface area contributed by atoms with Crippen LogP contribution in [0.2, 0.25) is 5.15 Å². The van der Waals surface area contributed by atoms with Crippen molar-refractivity contribution in [3.05, 3.63) is 20.2 Å². The minimum atomic E-state index is 0.257. The third kappa shape index (κ3) is 2.90. The summed E-state index contributed by atoms with van der Waals surface area (Å²) in [6.45, 7) is 0.421. The molecule has 0 atom stereocenters. The predicted molar refractivity (Wildman–Crippen MR) is 60.0 cm³/mol. The normalized spacial score (nSPS) is 10.5. The van der Waals surface area contributed by atoms with E-state index < -0.39 is 0 Å². The van der Waals surface area contributed by atoms with Gasteiger partial charge in [0.1, 0.15) is 11.0 Å². The number of alkyl halides is 1. The van der Waals surface area contributed by atoms with Crippen molar-refractivity contribution in [2.24, 2.45) is 0 Å². The Morgan fingerprint density at radius 1 is 1.46 bits per heavy atom. The summed E-state index contributed by atoms with van der Waals surface area (Å²) in [6, 6.07) is 0. The zero-order chi connectivity index (χ0) is 9.84. The lowest BCUT2D eigenvalue weighted by molar-refractivity contribution is 0.180. The fraction of sp³-hybridized carbons (Fsp3) is 0.429. The SMILES string of the molecule is COCc1nc(CCl)nc(Cl)c1I. The Labute approximate surface area is 99.9 Å². The molecule has 0 bridgehead atoms. The zero-order valence-electron chi connectivity index (χ0n) is 6.85. The van der Waals surface area contributed by atoms with Crippen molar-refractivity contribution in [1.29, 1.82) is 0 Å². The lowest BCUT2D eigenvalue weighted by Gasteiger charge is -2.05. The standard InChI is InChI=1S/C7H7Cl2IN2O/c1-13-3-4-6(10)7(9)12-5(2-8)11-4/h2-3H2,1H3. The quantitative estimate of drug-likeness (QED) is 0.485. The van der Waals surface area contributed by atoms with E-state index in [0.717, 1.165) is 9.26 Å². The maximum Gasteiger partial charge on any atom is 0.146 e. The van der Waals surface area contributed by atoms with Crippen molar-refractivity contribution in [3.63, 3.8) is 0 Å². The summed E-state index contributed by atoms with van der Waals surface area (Å²) in [5.74, 6) is 0.784. The van der Waals surface area contributed by atoms with E-state index in [1.807, 2.05) is 0 Å². The molecule has 6 heteroatoms. The second kappa shape index (κ2) is 5.29. The van der Waals surface area contributed by atoms with E-state index in [9.17, 15) is 0 Å². The highest BCUT2D eigenvalue weighted by Crippen LogP contribution is 2.20. The van der Waals surface area contributed by atoms with Crippen molar-refractivity contribution in [2.45, 2.75) is 12.5 Å².